The molecule has 0 radical (unpaired) electrons. The summed E-state index contributed by atoms with van der Waals surface area (Å²) in [4.78, 5) is 18.2. The van der Waals surface area contributed by atoms with Crippen molar-refractivity contribution in [2.75, 3.05) is 13.2 Å². The van der Waals surface area contributed by atoms with Crippen molar-refractivity contribution in [1.29, 1.82) is 0 Å². The Bertz CT molecular complexity index is 826. The van der Waals surface area contributed by atoms with Gasteiger partial charge in [-0.3, -0.25) is 0 Å². The van der Waals surface area contributed by atoms with E-state index in [1.807, 2.05) is 18.2 Å². The minimum atomic E-state index is -1.82. The number of aryl methyl sites for hydroxylation is 2. The van der Waals surface area contributed by atoms with Crippen LogP contribution in [0.4, 0.5) is 0 Å². The average Bonchev–Trinajstić information content (AvgIpc) is 2.76. The summed E-state index contributed by atoms with van der Waals surface area (Å²) in [6.45, 7) is 3.01. The molecule has 162 valence electrons. The number of aliphatic carboxylic acids is 2. The standard InChI is InChI=1S/C21H27NO2.C2H2O4/c1-2-16-7-5-6-10-21(16)24-15-20(23)14-22-19-12-11-17-8-3-4-9-18(17)13-19;3-1(4)2(5)6/h3-10,19-20,22-23H,2,11-15H2,1H3;(H,3,4)(H,5,6)/t19-,20-;/m0./s1. The van der Waals surface area contributed by atoms with Crippen molar-refractivity contribution < 1.29 is 29.6 Å². The number of fused-ring (bicyclic) bond motifs is 1. The number of aliphatic hydroxyl groups is 1. The Balaban J connectivity index is 0.000000469. The van der Waals surface area contributed by atoms with Crippen LogP contribution in [0.15, 0.2) is 48.5 Å². The van der Waals surface area contributed by atoms with Gasteiger partial charge in [0, 0.05) is 12.6 Å². The lowest BCUT2D eigenvalue weighted by atomic mass is 9.88. The van der Waals surface area contributed by atoms with E-state index < -0.39 is 18.0 Å². The number of nitrogens with one attached hydrogen (secondary N) is 1. The summed E-state index contributed by atoms with van der Waals surface area (Å²) in [6, 6.07) is 17.1. The molecule has 2 atom stereocenters. The predicted molar refractivity (Wildman–Crippen MR) is 113 cm³/mol. The summed E-state index contributed by atoms with van der Waals surface area (Å²) < 4.78 is 5.80. The number of rotatable bonds is 7. The number of hydrogen-bond acceptors (Lipinski definition) is 5. The third-order valence-electron chi connectivity index (χ3n) is 4.96. The third-order valence-corrected chi connectivity index (χ3v) is 4.96. The van der Waals surface area contributed by atoms with Crippen LogP contribution < -0.4 is 10.1 Å². The van der Waals surface area contributed by atoms with Gasteiger partial charge in [-0.2, -0.15) is 0 Å². The molecule has 4 N–H and O–H groups in total. The monoisotopic (exact) mass is 415 g/mol. The maximum Gasteiger partial charge on any atom is 0.414 e. The summed E-state index contributed by atoms with van der Waals surface area (Å²) in [7, 11) is 0. The predicted octanol–water partition coefficient (Wildman–Crippen LogP) is 2.29. The highest BCUT2D eigenvalue weighted by Gasteiger charge is 2.18. The molecule has 7 heteroatoms. The van der Waals surface area contributed by atoms with Gasteiger partial charge in [0.05, 0.1) is 0 Å². The molecule has 0 aliphatic heterocycles. The summed E-state index contributed by atoms with van der Waals surface area (Å²) in [6.07, 6.45) is 3.73. The minimum absolute atomic E-state index is 0.327. The first-order valence-corrected chi connectivity index (χ1v) is 10.1. The molecule has 0 amide bonds. The lowest BCUT2D eigenvalue weighted by Gasteiger charge is -2.26. The zero-order valence-electron chi connectivity index (χ0n) is 17.1. The number of benzene rings is 2. The molecule has 7 nitrogen and oxygen atoms in total. The zero-order chi connectivity index (χ0) is 21.9. The maximum absolute atomic E-state index is 10.2. The number of carboxylic acids is 2. The zero-order valence-corrected chi connectivity index (χ0v) is 17.1. The van der Waals surface area contributed by atoms with Crippen LogP contribution in [0.1, 0.15) is 30.0 Å². The van der Waals surface area contributed by atoms with Crippen molar-refractivity contribution in [2.24, 2.45) is 0 Å². The van der Waals surface area contributed by atoms with E-state index in [4.69, 9.17) is 24.5 Å². The molecule has 0 saturated carbocycles. The smallest absolute Gasteiger partial charge is 0.414 e. The van der Waals surface area contributed by atoms with Crippen LogP contribution in [-0.4, -0.2) is 52.6 Å². The van der Waals surface area contributed by atoms with E-state index >= 15 is 0 Å². The SMILES string of the molecule is CCc1ccccc1OC[C@@H](O)CN[C@H]1CCc2ccccc2C1.O=C(O)C(=O)O. The van der Waals surface area contributed by atoms with Crippen LogP contribution in [-0.2, 0) is 28.9 Å². The molecule has 0 fully saturated rings. The Hall–Kier alpha value is -2.90. The van der Waals surface area contributed by atoms with Crippen LogP contribution >= 0.6 is 0 Å². The summed E-state index contributed by atoms with van der Waals surface area (Å²) in [5.74, 6) is -2.77. The van der Waals surface area contributed by atoms with Gasteiger partial charge in [-0.05, 0) is 48.4 Å². The molecule has 0 heterocycles. The van der Waals surface area contributed by atoms with Crippen molar-refractivity contribution >= 4 is 11.9 Å². The normalized spacial score (nSPS) is 15.9. The number of aliphatic hydroxyl groups excluding tert-OH is 1. The van der Waals surface area contributed by atoms with Crippen molar-refractivity contribution in [1.82, 2.24) is 5.32 Å². The first-order chi connectivity index (χ1) is 14.4. The number of carbonyl (C=O) groups is 2. The Labute approximate surface area is 176 Å². The maximum atomic E-state index is 10.2. The molecule has 0 spiro atoms. The lowest BCUT2D eigenvalue weighted by Crippen LogP contribution is -2.40. The topological polar surface area (TPSA) is 116 Å². The molecule has 0 saturated heterocycles. The fourth-order valence-corrected chi connectivity index (χ4v) is 3.36. The molecular weight excluding hydrogens is 386 g/mol. The number of para-hydroxylation sites is 1. The van der Waals surface area contributed by atoms with Gasteiger partial charge in [-0.1, -0.05) is 49.4 Å². The van der Waals surface area contributed by atoms with E-state index in [0.717, 1.165) is 31.4 Å². The van der Waals surface area contributed by atoms with E-state index in [0.29, 0.717) is 19.2 Å². The second-order valence-electron chi connectivity index (χ2n) is 7.15. The number of ether oxygens (including phenoxy) is 1. The van der Waals surface area contributed by atoms with Crippen molar-refractivity contribution in [3.05, 3.63) is 65.2 Å². The van der Waals surface area contributed by atoms with Gasteiger partial charge in [-0.15, -0.1) is 0 Å². The van der Waals surface area contributed by atoms with Gasteiger partial charge in [0.1, 0.15) is 18.5 Å². The largest absolute Gasteiger partial charge is 0.491 e. The fourth-order valence-electron chi connectivity index (χ4n) is 3.36. The minimum Gasteiger partial charge on any atom is -0.491 e. The molecule has 1 aliphatic carbocycles. The van der Waals surface area contributed by atoms with Gasteiger partial charge in [0.2, 0.25) is 0 Å². The number of hydrogen-bond donors (Lipinski definition) is 4. The molecular formula is C23H29NO6. The molecule has 3 rings (SSSR count). The second kappa shape index (κ2) is 11.9. The van der Waals surface area contributed by atoms with Crippen LogP contribution in [0, 0.1) is 0 Å². The Kier molecular flexibility index (Phi) is 9.31. The van der Waals surface area contributed by atoms with E-state index in [9.17, 15) is 5.11 Å². The average molecular weight is 415 g/mol. The van der Waals surface area contributed by atoms with Gasteiger partial charge >= 0.3 is 11.9 Å². The molecule has 30 heavy (non-hydrogen) atoms. The molecule has 0 bridgehead atoms. The highest BCUT2D eigenvalue weighted by atomic mass is 16.5. The number of carboxylic acid groups (broad SMARTS) is 2. The quantitative estimate of drug-likeness (QED) is 0.513. The van der Waals surface area contributed by atoms with Crippen LogP contribution in [0.25, 0.3) is 0 Å². The van der Waals surface area contributed by atoms with E-state index in [1.54, 1.807) is 0 Å². The molecule has 0 aromatic heterocycles. The van der Waals surface area contributed by atoms with Gasteiger partial charge in [0.25, 0.3) is 0 Å². The Morgan fingerprint density at radius 3 is 2.37 bits per heavy atom. The molecule has 1 aliphatic rings. The van der Waals surface area contributed by atoms with Crippen molar-refractivity contribution in [3.63, 3.8) is 0 Å². The first kappa shape index (κ1) is 23.4. The summed E-state index contributed by atoms with van der Waals surface area (Å²) >= 11 is 0. The lowest BCUT2D eigenvalue weighted by molar-refractivity contribution is -0.159. The highest BCUT2D eigenvalue weighted by Crippen LogP contribution is 2.21. The van der Waals surface area contributed by atoms with Crippen LogP contribution in [0.2, 0.25) is 0 Å². The van der Waals surface area contributed by atoms with E-state index in [2.05, 4.69) is 42.6 Å². The summed E-state index contributed by atoms with van der Waals surface area (Å²) in [5, 5.41) is 28.5. The van der Waals surface area contributed by atoms with Crippen LogP contribution in [0.3, 0.4) is 0 Å². The molecule has 2 aromatic rings. The van der Waals surface area contributed by atoms with Gasteiger partial charge in [-0.25, -0.2) is 9.59 Å². The van der Waals surface area contributed by atoms with Gasteiger partial charge < -0.3 is 25.4 Å². The molecule has 2 aromatic carbocycles. The second-order valence-corrected chi connectivity index (χ2v) is 7.15. The van der Waals surface area contributed by atoms with Crippen molar-refractivity contribution in [2.45, 2.75) is 44.8 Å². The van der Waals surface area contributed by atoms with E-state index in [-0.39, 0.29) is 0 Å². The van der Waals surface area contributed by atoms with Gasteiger partial charge in [0.15, 0.2) is 0 Å². The summed E-state index contributed by atoms with van der Waals surface area (Å²) in [5.41, 5.74) is 4.08. The van der Waals surface area contributed by atoms with E-state index in [1.165, 1.54) is 16.7 Å². The highest BCUT2D eigenvalue weighted by molar-refractivity contribution is 6.27. The molecule has 0 unspecified atom stereocenters. The third kappa shape index (κ3) is 7.50. The first-order valence-electron chi connectivity index (χ1n) is 10.1. The Morgan fingerprint density at radius 2 is 1.70 bits per heavy atom. The fraction of sp³-hybridized carbons (Fsp3) is 0.391. The Morgan fingerprint density at radius 1 is 1.07 bits per heavy atom. The van der Waals surface area contributed by atoms with Crippen molar-refractivity contribution in [3.8, 4) is 5.75 Å². The van der Waals surface area contributed by atoms with Crippen LogP contribution in [0.5, 0.6) is 5.75 Å².